The largest absolute Gasteiger partial charge is 0.495 e. The number of benzene rings is 1. The molecule has 0 bridgehead atoms. The van der Waals surface area contributed by atoms with Gasteiger partial charge in [0, 0.05) is 13.1 Å². The van der Waals surface area contributed by atoms with Crippen LogP contribution in [0, 0.1) is 5.92 Å². The van der Waals surface area contributed by atoms with Crippen molar-refractivity contribution in [3.05, 3.63) is 24.3 Å². The van der Waals surface area contributed by atoms with Crippen molar-refractivity contribution in [3.8, 4) is 5.75 Å². The number of hydrogen-bond acceptors (Lipinski definition) is 4. The van der Waals surface area contributed by atoms with Gasteiger partial charge in [0.2, 0.25) is 0 Å². The van der Waals surface area contributed by atoms with Crippen LogP contribution >= 0.6 is 0 Å². The van der Waals surface area contributed by atoms with Gasteiger partial charge in [-0.05, 0) is 12.1 Å². The summed E-state index contributed by atoms with van der Waals surface area (Å²) in [6, 6.07) is 7.15. The first-order valence-electron chi connectivity index (χ1n) is 6.28. The van der Waals surface area contributed by atoms with Gasteiger partial charge in [-0.2, -0.15) is 0 Å². The fourth-order valence-corrected chi connectivity index (χ4v) is 1.84. The first-order chi connectivity index (χ1) is 9.45. The van der Waals surface area contributed by atoms with Gasteiger partial charge in [-0.15, -0.1) is 0 Å². The number of rotatable bonds is 8. The third-order valence-electron chi connectivity index (χ3n) is 2.94. The van der Waals surface area contributed by atoms with Gasteiger partial charge < -0.3 is 19.8 Å². The van der Waals surface area contributed by atoms with Crippen molar-refractivity contribution >= 4 is 17.6 Å². The van der Waals surface area contributed by atoms with E-state index < -0.39 is 17.9 Å². The fourth-order valence-electron chi connectivity index (χ4n) is 1.84. The Morgan fingerprint density at radius 3 is 2.50 bits per heavy atom. The summed E-state index contributed by atoms with van der Waals surface area (Å²) in [5, 5.41) is 17.8. The molecule has 6 heteroatoms. The molecule has 0 fully saturated rings. The number of methoxy groups -OCH3 is 1. The van der Waals surface area contributed by atoms with Gasteiger partial charge in [0.05, 0.1) is 25.1 Å². The second kappa shape index (κ2) is 7.37. The van der Waals surface area contributed by atoms with Crippen LogP contribution in [0.1, 0.15) is 13.3 Å². The van der Waals surface area contributed by atoms with Gasteiger partial charge in [0.1, 0.15) is 5.75 Å². The molecule has 1 atom stereocenters. The summed E-state index contributed by atoms with van der Waals surface area (Å²) >= 11 is 0. The Kier molecular flexibility index (Phi) is 5.83. The predicted octanol–water partition coefficient (Wildman–Crippen LogP) is 1.70. The lowest BCUT2D eigenvalue weighted by Gasteiger charge is -2.27. The van der Waals surface area contributed by atoms with Crippen LogP contribution in [0.5, 0.6) is 5.75 Å². The number of hydrogen-bond donors (Lipinski definition) is 2. The molecule has 0 radical (unpaired) electrons. The number of carbonyl (C=O) groups is 2. The third-order valence-corrected chi connectivity index (χ3v) is 2.94. The molecule has 1 unspecified atom stereocenters. The molecule has 0 saturated carbocycles. The Labute approximate surface area is 117 Å². The average molecular weight is 281 g/mol. The monoisotopic (exact) mass is 281 g/mol. The number of aliphatic carboxylic acids is 2. The van der Waals surface area contributed by atoms with Crippen molar-refractivity contribution in [1.29, 1.82) is 0 Å². The van der Waals surface area contributed by atoms with E-state index in [0.717, 1.165) is 0 Å². The van der Waals surface area contributed by atoms with Crippen LogP contribution in [-0.2, 0) is 9.59 Å². The van der Waals surface area contributed by atoms with Crippen LogP contribution in [0.15, 0.2) is 24.3 Å². The van der Waals surface area contributed by atoms with Crippen molar-refractivity contribution < 1.29 is 24.5 Å². The maximum atomic E-state index is 11.0. The summed E-state index contributed by atoms with van der Waals surface area (Å²) in [7, 11) is 1.52. The molecule has 0 aliphatic carbocycles. The Morgan fingerprint density at radius 1 is 1.30 bits per heavy atom. The molecule has 0 aliphatic heterocycles. The molecule has 0 saturated heterocycles. The smallest absolute Gasteiger partial charge is 0.308 e. The molecule has 6 nitrogen and oxygen atoms in total. The Balaban J connectivity index is 2.96. The van der Waals surface area contributed by atoms with Gasteiger partial charge in [-0.25, -0.2) is 0 Å². The maximum Gasteiger partial charge on any atom is 0.308 e. The summed E-state index contributed by atoms with van der Waals surface area (Å²) in [5.74, 6) is -1.85. The molecule has 0 heterocycles. The summed E-state index contributed by atoms with van der Waals surface area (Å²) in [6.07, 6.45) is -0.0651. The van der Waals surface area contributed by atoms with E-state index in [2.05, 4.69) is 0 Å². The molecule has 1 aromatic carbocycles. The Morgan fingerprint density at radius 2 is 1.95 bits per heavy atom. The van der Waals surface area contributed by atoms with Crippen molar-refractivity contribution in [2.45, 2.75) is 13.3 Å². The lowest BCUT2D eigenvalue weighted by Crippen LogP contribution is -2.33. The van der Waals surface area contributed by atoms with Crippen molar-refractivity contribution in [1.82, 2.24) is 0 Å². The zero-order chi connectivity index (χ0) is 15.1. The van der Waals surface area contributed by atoms with Crippen molar-refractivity contribution in [2.24, 2.45) is 5.92 Å². The van der Waals surface area contributed by atoms with Gasteiger partial charge in [0.25, 0.3) is 0 Å². The average Bonchev–Trinajstić information content (AvgIpc) is 2.42. The van der Waals surface area contributed by atoms with E-state index in [1.54, 1.807) is 36.1 Å². The number of para-hydroxylation sites is 2. The highest BCUT2D eigenvalue weighted by molar-refractivity contribution is 5.72. The van der Waals surface area contributed by atoms with E-state index in [9.17, 15) is 9.59 Å². The van der Waals surface area contributed by atoms with Crippen LogP contribution in [0.25, 0.3) is 0 Å². The minimum atomic E-state index is -0.923. The van der Waals surface area contributed by atoms with Crippen LogP contribution in [0.2, 0.25) is 0 Å². The van der Waals surface area contributed by atoms with Crippen LogP contribution < -0.4 is 9.64 Å². The fraction of sp³-hybridized carbons (Fsp3) is 0.429. The number of carboxylic acids is 2. The summed E-state index contributed by atoms with van der Waals surface area (Å²) in [6.45, 7) is 2.04. The number of anilines is 1. The lowest BCUT2D eigenvalue weighted by atomic mass is 10.1. The minimum Gasteiger partial charge on any atom is -0.495 e. The van der Waals surface area contributed by atoms with Gasteiger partial charge >= 0.3 is 11.9 Å². The number of carboxylic acid groups (broad SMARTS) is 2. The van der Waals surface area contributed by atoms with E-state index in [1.807, 2.05) is 0 Å². The highest BCUT2D eigenvalue weighted by atomic mass is 16.5. The van der Waals surface area contributed by atoms with Crippen molar-refractivity contribution in [3.63, 3.8) is 0 Å². The summed E-state index contributed by atoms with van der Waals surface area (Å²) < 4.78 is 5.24. The van der Waals surface area contributed by atoms with E-state index in [-0.39, 0.29) is 19.5 Å². The summed E-state index contributed by atoms with van der Waals surface area (Å²) in [5.41, 5.74) is 0.698. The zero-order valence-electron chi connectivity index (χ0n) is 11.6. The molecule has 1 rings (SSSR count). The molecule has 1 aromatic rings. The number of nitrogens with zero attached hydrogens (tertiary/aromatic N) is 1. The van der Waals surface area contributed by atoms with E-state index in [1.165, 1.54) is 7.11 Å². The zero-order valence-corrected chi connectivity index (χ0v) is 11.6. The van der Waals surface area contributed by atoms with Crippen LogP contribution in [-0.4, -0.2) is 42.4 Å². The van der Waals surface area contributed by atoms with Gasteiger partial charge in [0.15, 0.2) is 0 Å². The molecule has 0 aromatic heterocycles. The predicted molar refractivity (Wildman–Crippen MR) is 74.3 cm³/mol. The first kappa shape index (κ1) is 15.8. The molecular weight excluding hydrogens is 262 g/mol. The third kappa shape index (κ3) is 4.46. The standard InChI is InChI=1S/C14H19NO5/c1-10(14(18)19)9-15(8-7-13(16)17)11-5-3-4-6-12(11)20-2/h3-6,10H,7-9H2,1-2H3,(H,16,17)(H,18,19). The van der Waals surface area contributed by atoms with E-state index in [4.69, 9.17) is 14.9 Å². The molecule has 20 heavy (non-hydrogen) atoms. The second-order valence-corrected chi connectivity index (χ2v) is 4.50. The maximum absolute atomic E-state index is 11.0. The highest BCUT2D eigenvalue weighted by Crippen LogP contribution is 2.28. The van der Waals surface area contributed by atoms with E-state index >= 15 is 0 Å². The molecular formula is C14H19NO5. The van der Waals surface area contributed by atoms with Crippen LogP contribution in [0.3, 0.4) is 0 Å². The lowest BCUT2D eigenvalue weighted by molar-refractivity contribution is -0.140. The van der Waals surface area contributed by atoms with Gasteiger partial charge in [-0.3, -0.25) is 9.59 Å². The number of ether oxygens (including phenoxy) is 1. The Bertz CT molecular complexity index is 474. The normalized spacial score (nSPS) is 11.7. The SMILES string of the molecule is COc1ccccc1N(CCC(=O)O)CC(C)C(=O)O. The molecule has 0 spiro atoms. The van der Waals surface area contributed by atoms with Crippen LogP contribution in [0.4, 0.5) is 5.69 Å². The molecule has 0 amide bonds. The van der Waals surface area contributed by atoms with E-state index in [0.29, 0.717) is 11.4 Å². The van der Waals surface area contributed by atoms with Gasteiger partial charge in [-0.1, -0.05) is 19.1 Å². The molecule has 0 aliphatic rings. The summed E-state index contributed by atoms with van der Waals surface area (Å²) in [4.78, 5) is 23.4. The molecule has 110 valence electrons. The van der Waals surface area contributed by atoms with Crippen molar-refractivity contribution in [2.75, 3.05) is 25.1 Å². The molecule has 2 N–H and O–H groups in total. The highest BCUT2D eigenvalue weighted by Gasteiger charge is 2.19. The quantitative estimate of drug-likeness (QED) is 0.754. The Hall–Kier alpha value is -2.24. The second-order valence-electron chi connectivity index (χ2n) is 4.50. The topological polar surface area (TPSA) is 87.1 Å². The minimum absolute atomic E-state index is 0.0651. The first-order valence-corrected chi connectivity index (χ1v) is 6.28.